The Hall–Kier alpha value is -1.84. The summed E-state index contributed by atoms with van der Waals surface area (Å²) in [6, 6.07) is 1.91. The van der Waals surface area contributed by atoms with E-state index in [0.717, 1.165) is 17.1 Å². The second-order valence-electron chi connectivity index (χ2n) is 10.7. The maximum absolute atomic E-state index is 11.6. The molecule has 3 rings (SSSR count). The lowest BCUT2D eigenvalue weighted by Crippen LogP contribution is -2.32. The number of rotatable bonds is 4. The number of carbonyl (C=O) groups excluding carboxylic acids is 1. The minimum atomic E-state index is -0.515. The maximum Gasteiger partial charge on any atom is 0.407 e. The predicted octanol–water partition coefficient (Wildman–Crippen LogP) is 5.95. The van der Waals surface area contributed by atoms with E-state index >= 15 is 0 Å². The molecule has 2 heterocycles. The van der Waals surface area contributed by atoms with E-state index in [9.17, 15) is 4.79 Å². The molecule has 0 aliphatic heterocycles. The van der Waals surface area contributed by atoms with Gasteiger partial charge in [0, 0.05) is 13.7 Å². The first-order valence-electron chi connectivity index (χ1n) is 11.9. The Morgan fingerprint density at radius 2 is 1.62 bits per heavy atom. The van der Waals surface area contributed by atoms with Crippen LogP contribution in [0.3, 0.4) is 0 Å². The highest BCUT2D eigenvalue weighted by molar-refractivity contribution is 7.78. The van der Waals surface area contributed by atoms with E-state index in [0.29, 0.717) is 18.8 Å². The van der Waals surface area contributed by atoms with Gasteiger partial charge in [-0.3, -0.25) is 4.72 Å². The van der Waals surface area contributed by atoms with Crippen molar-refractivity contribution in [3.63, 3.8) is 0 Å². The number of thiol groups is 1. The van der Waals surface area contributed by atoms with Crippen molar-refractivity contribution >= 4 is 24.6 Å². The number of aromatic nitrogens is 3. The van der Waals surface area contributed by atoms with Crippen LogP contribution >= 0.6 is 12.8 Å². The first kappa shape index (κ1) is 32.2. The highest BCUT2D eigenvalue weighted by Gasteiger charge is 2.16. The molecular weight excluding hydrogens is 450 g/mol. The molecule has 0 radical (unpaired) electrons. The van der Waals surface area contributed by atoms with Gasteiger partial charge in [0.1, 0.15) is 5.60 Å². The van der Waals surface area contributed by atoms with Crippen LogP contribution in [0.25, 0.3) is 5.65 Å². The molecule has 34 heavy (non-hydrogen) atoms. The molecule has 2 aromatic rings. The zero-order valence-electron chi connectivity index (χ0n) is 22.9. The molecule has 0 unspecified atom stereocenters. The summed E-state index contributed by atoms with van der Waals surface area (Å²) in [6.45, 7) is 18.9. The van der Waals surface area contributed by atoms with Gasteiger partial charge in [-0.1, -0.05) is 52.8 Å². The van der Waals surface area contributed by atoms with Crippen LogP contribution < -0.4 is 10.0 Å². The van der Waals surface area contributed by atoms with Crippen LogP contribution in [0.15, 0.2) is 18.5 Å². The molecule has 196 valence electrons. The summed E-state index contributed by atoms with van der Waals surface area (Å²) in [5, 5.41) is 6.91. The Morgan fingerprint density at radius 1 is 1.09 bits per heavy atom. The van der Waals surface area contributed by atoms with Gasteiger partial charge in [0.05, 0.1) is 30.2 Å². The molecular formula is C25H47N5O3S. The molecule has 8 nitrogen and oxygen atoms in total. The largest absolute Gasteiger partial charge is 0.444 e. The fourth-order valence-electron chi connectivity index (χ4n) is 1.71. The summed E-state index contributed by atoms with van der Waals surface area (Å²) in [4.78, 5) is 16.0. The molecule has 1 fully saturated rings. The van der Waals surface area contributed by atoms with E-state index in [-0.39, 0.29) is 5.60 Å². The SMILES string of the molecule is C1CC1.CC(C)(C)OC(=O)NCc1cn2ncc(CNS)cc2n1.CC(C)C.COC(C)(C)C. The molecule has 0 bridgehead atoms. The smallest absolute Gasteiger partial charge is 0.407 e. The minimum absolute atomic E-state index is 0.0417. The number of fused-ring (bicyclic) bond motifs is 1. The van der Waals surface area contributed by atoms with Crippen LogP contribution in [0.2, 0.25) is 0 Å². The number of nitrogens with one attached hydrogen (secondary N) is 2. The van der Waals surface area contributed by atoms with Gasteiger partial charge in [-0.25, -0.2) is 14.3 Å². The van der Waals surface area contributed by atoms with Gasteiger partial charge in [0.15, 0.2) is 5.65 Å². The van der Waals surface area contributed by atoms with Crippen molar-refractivity contribution in [2.45, 2.75) is 106 Å². The zero-order valence-corrected chi connectivity index (χ0v) is 23.8. The molecule has 1 amide bonds. The molecule has 0 spiro atoms. The van der Waals surface area contributed by atoms with E-state index in [1.165, 1.54) is 19.3 Å². The van der Waals surface area contributed by atoms with Crippen LogP contribution in [-0.4, -0.2) is 39.0 Å². The fourth-order valence-corrected chi connectivity index (χ4v) is 1.90. The molecule has 1 aliphatic rings. The van der Waals surface area contributed by atoms with Gasteiger partial charge in [-0.15, -0.1) is 0 Å². The van der Waals surface area contributed by atoms with Crippen molar-refractivity contribution in [1.29, 1.82) is 0 Å². The third kappa shape index (κ3) is 19.6. The minimum Gasteiger partial charge on any atom is -0.444 e. The number of methoxy groups -OCH3 is 1. The molecule has 1 aliphatic carbocycles. The summed E-state index contributed by atoms with van der Waals surface area (Å²) in [5.74, 6) is 0.833. The average Bonchev–Trinajstić information content (AvgIpc) is 3.51. The Kier molecular flexibility index (Phi) is 15.1. The lowest BCUT2D eigenvalue weighted by Gasteiger charge is -2.19. The first-order chi connectivity index (χ1) is 15.7. The Balaban J connectivity index is 0.000000682. The summed E-state index contributed by atoms with van der Waals surface area (Å²) in [7, 11) is 1.71. The number of hydrogen-bond acceptors (Lipinski definition) is 7. The van der Waals surface area contributed by atoms with Crippen LogP contribution in [0.5, 0.6) is 0 Å². The number of nitrogens with zero attached hydrogens (tertiary/aromatic N) is 3. The quantitative estimate of drug-likeness (QED) is 0.452. The van der Waals surface area contributed by atoms with E-state index < -0.39 is 11.7 Å². The molecule has 9 heteroatoms. The number of ether oxygens (including phenoxy) is 2. The molecule has 0 saturated heterocycles. The van der Waals surface area contributed by atoms with Gasteiger partial charge in [0.25, 0.3) is 0 Å². The highest BCUT2D eigenvalue weighted by Crippen LogP contribution is 2.15. The van der Waals surface area contributed by atoms with Crippen molar-refractivity contribution in [2.24, 2.45) is 5.92 Å². The third-order valence-corrected chi connectivity index (χ3v) is 3.65. The Labute approximate surface area is 212 Å². The van der Waals surface area contributed by atoms with E-state index in [2.05, 4.69) is 53.7 Å². The van der Waals surface area contributed by atoms with Crippen LogP contribution in [0, 0.1) is 5.92 Å². The van der Waals surface area contributed by atoms with Crippen LogP contribution in [-0.2, 0) is 22.6 Å². The number of imidazole rings is 1. The summed E-state index contributed by atoms with van der Waals surface area (Å²) in [5.41, 5.74) is 1.94. The second-order valence-corrected chi connectivity index (χ2v) is 11.0. The normalized spacial score (nSPS) is 12.5. The average molecular weight is 498 g/mol. The maximum atomic E-state index is 11.6. The molecule has 0 atom stereocenters. The van der Waals surface area contributed by atoms with Gasteiger partial charge in [-0.2, -0.15) is 5.10 Å². The van der Waals surface area contributed by atoms with Crippen LogP contribution in [0.1, 0.15) is 92.8 Å². The zero-order chi connectivity index (χ0) is 26.4. The van der Waals surface area contributed by atoms with Gasteiger partial charge >= 0.3 is 6.09 Å². The van der Waals surface area contributed by atoms with Gasteiger partial charge in [0.2, 0.25) is 0 Å². The summed E-state index contributed by atoms with van der Waals surface area (Å²) < 4.78 is 14.5. The van der Waals surface area contributed by atoms with Crippen molar-refractivity contribution in [3.05, 3.63) is 29.7 Å². The van der Waals surface area contributed by atoms with Crippen LogP contribution in [0.4, 0.5) is 4.79 Å². The summed E-state index contributed by atoms with van der Waals surface area (Å²) in [6.07, 6.45) is 7.54. The van der Waals surface area contributed by atoms with Crippen molar-refractivity contribution in [1.82, 2.24) is 24.6 Å². The lowest BCUT2D eigenvalue weighted by molar-refractivity contribution is 0.0397. The fraction of sp³-hybridized carbons (Fsp3) is 0.720. The Bertz CT molecular complexity index is 819. The Morgan fingerprint density at radius 3 is 2.03 bits per heavy atom. The summed E-state index contributed by atoms with van der Waals surface area (Å²) >= 11 is 3.95. The topological polar surface area (TPSA) is 89.8 Å². The van der Waals surface area contributed by atoms with Crippen molar-refractivity contribution < 1.29 is 14.3 Å². The van der Waals surface area contributed by atoms with E-state index in [4.69, 9.17) is 9.47 Å². The van der Waals surface area contributed by atoms with E-state index in [1.807, 2.05) is 47.6 Å². The predicted molar refractivity (Wildman–Crippen MR) is 143 cm³/mol. The number of alkyl carbamates (subject to hydrolysis) is 1. The molecule has 0 aromatic carbocycles. The number of amides is 1. The van der Waals surface area contributed by atoms with Crippen molar-refractivity contribution in [3.8, 4) is 0 Å². The highest BCUT2D eigenvalue weighted by atomic mass is 32.1. The van der Waals surface area contributed by atoms with Gasteiger partial charge < -0.3 is 14.8 Å². The molecule has 1 saturated carbocycles. The lowest BCUT2D eigenvalue weighted by atomic mass is 10.2. The van der Waals surface area contributed by atoms with Crippen molar-refractivity contribution in [2.75, 3.05) is 7.11 Å². The monoisotopic (exact) mass is 497 g/mol. The number of carbonyl (C=O) groups is 1. The third-order valence-electron chi connectivity index (χ3n) is 3.49. The number of hydrogen-bond donors (Lipinski definition) is 3. The molecule has 2 aromatic heterocycles. The standard InChI is InChI=1S/C13H19N5O2S.C5H12O.C4H10.C3H6/c1-13(2,3)20-12(19)14-7-10-8-18-11(17-10)4-9(5-15-18)6-16-21;1-5(2,3)6-4;1-4(2)3;1-2-3-1/h4-5,8,16,21H,6-7H2,1-3H3,(H,14,19);1-4H3;4H,1-3H3;1-3H2. The first-order valence-corrected chi connectivity index (χ1v) is 12.3. The van der Waals surface area contributed by atoms with E-state index in [1.54, 1.807) is 24.0 Å². The molecule has 2 N–H and O–H groups in total. The van der Waals surface area contributed by atoms with Gasteiger partial charge in [-0.05, 0) is 59.1 Å². The second kappa shape index (κ2) is 15.9.